The molecule has 3 rings (SSSR count). The van der Waals surface area contributed by atoms with Gasteiger partial charge in [0.25, 0.3) is 0 Å². The fraction of sp³-hybridized carbons (Fsp3) is 0.462. The molecule has 0 spiro atoms. The smallest absolute Gasteiger partial charge is 0.183 e. The van der Waals surface area contributed by atoms with Gasteiger partial charge in [0, 0.05) is 6.54 Å². The number of hydrogen-bond acceptors (Lipinski definition) is 5. The molecular weight excluding hydrogens is 264 g/mol. The summed E-state index contributed by atoms with van der Waals surface area (Å²) in [6, 6.07) is 6.02. The monoisotopic (exact) mass is 280 g/mol. The molecule has 1 aromatic heterocycles. The summed E-state index contributed by atoms with van der Waals surface area (Å²) >= 11 is 3.75. The van der Waals surface area contributed by atoms with Crippen LogP contribution in [0.3, 0.4) is 0 Å². The van der Waals surface area contributed by atoms with Gasteiger partial charge < -0.3 is 10.1 Å². The van der Waals surface area contributed by atoms with Crippen LogP contribution in [0.2, 0.25) is 0 Å². The maximum Gasteiger partial charge on any atom is 0.183 e. The Morgan fingerprint density at radius 2 is 2.44 bits per heavy atom. The van der Waals surface area contributed by atoms with Crippen molar-refractivity contribution in [2.75, 3.05) is 30.5 Å². The molecule has 0 aliphatic carbocycles. The molecule has 1 atom stereocenters. The van der Waals surface area contributed by atoms with E-state index in [0.29, 0.717) is 0 Å². The number of fused-ring (bicyclic) bond motifs is 1. The molecule has 1 aliphatic rings. The Morgan fingerprint density at radius 3 is 3.22 bits per heavy atom. The fourth-order valence-electron chi connectivity index (χ4n) is 2.08. The van der Waals surface area contributed by atoms with Gasteiger partial charge in [0.1, 0.15) is 5.75 Å². The molecule has 1 N–H and O–H groups in total. The highest BCUT2D eigenvalue weighted by Gasteiger charge is 2.15. The molecule has 1 saturated heterocycles. The third-order valence-electron chi connectivity index (χ3n) is 3.16. The molecule has 0 radical (unpaired) electrons. The van der Waals surface area contributed by atoms with Crippen molar-refractivity contribution in [3.8, 4) is 5.75 Å². The molecule has 2 aromatic rings. The minimum Gasteiger partial charge on any atom is -0.497 e. The fourth-order valence-corrected chi connectivity index (χ4v) is 4.27. The SMILES string of the molecule is COc1ccc2nc(NCC3CCSC3)sc2c1. The van der Waals surface area contributed by atoms with Crippen molar-refractivity contribution in [1.82, 2.24) is 4.98 Å². The first-order valence-corrected chi connectivity index (χ1v) is 8.08. The van der Waals surface area contributed by atoms with Crippen molar-refractivity contribution < 1.29 is 4.74 Å². The van der Waals surface area contributed by atoms with Gasteiger partial charge in [0.15, 0.2) is 5.13 Å². The largest absolute Gasteiger partial charge is 0.497 e. The summed E-state index contributed by atoms with van der Waals surface area (Å²) in [4.78, 5) is 4.59. The Labute approximate surface area is 115 Å². The van der Waals surface area contributed by atoms with Crippen LogP contribution in [-0.4, -0.2) is 30.1 Å². The minimum absolute atomic E-state index is 0.802. The van der Waals surface area contributed by atoms with Crippen molar-refractivity contribution in [3.05, 3.63) is 18.2 Å². The van der Waals surface area contributed by atoms with Crippen LogP contribution >= 0.6 is 23.1 Å². The van der Waals surface area contributed by atoms with Crippen LogP contribution in [-0.2, 0) is 0 Å². The Hall–Kier alpha value is -0.940. The molecule has 0 bridgehead atoms. The maximum atomic E-state index is 5.23. The second-order valence-electron chi connectivity index (χ2n) is 4.46. The van der Waals surface area contributed by atoms with Crippen LogP contribution in [0.4, 0.5) is 5.13 Å². The number of nitrogens with zero attached hydrogens (tertiary/aromatic N) is 1. The van der Waals surface area contributed by atoms with Crippen molar-refractivity contribution in [3.63, 3.8) is 0 Å². The molecule has 5 heteroatoms. The molecule has 1 fully saturated rings. The van der Waals surface area contributed by atoms with Crippen molar-refractivity contribution >= 4 is 38.4 Å². The van der Waals surface area contributed by atoms with Crippen LogP contribution in [0.25, 0.3) is 10.2 Å². The second-order valence-corrected chi connectivity index (χ2v) is 6.64. The number of methoxy groups -OCH3 is 1. The quantitative estimate of drug-likeness (QED) is 0.930. The highest BCUT2D eigenvalue weighted by atomic mass is 32.2. The first-order valence-electron chi connectivity index (χ1n) is 6.11. The number of benzene rings is 1. The molecule has 96 valence electrons. The Morgan fingerprint density at radius 1 is 1.50 bits per heavy atom. The van der Waals surface area contributed by atoms with E-state index < -0.39 is 0 Å². The van der Waals surface area contributed by atoms with Crippen molar-refractivity contribution in [2.45, 2.75) is 6.42 Å². The lowest BCUT2D eigenvalue weighted by molar-refractivity contribution is 0.415. The highest BCUT2D eigenvalue weighted by molar-refractivity contribution is 7.99. The highest BCUT2D eigenvalue weighted by Crippen LogP contribution is 2.30. The zero-order chi connectivity index (χ0) is 12.4. The molecular formula is C13H16N2OS2. The van der Waals surface area contributed by atoms with Gasteiger partial charge in [-0.25, -0.2) is 4.98 Å². The van der Waals surface area contributed by atoms with Crippen LogP contribution in [0.15, 0.2) is 18.2 Å². The molecule has 18 heavy (non-hydrogen) atoms. The minimum atomic E-state index is 0.802. The summed E-state index contributed by atoms with van der Waals surface area (Å²) in [6.07, 6.45) is 1.33. The number of hydrogen-bond donors (Lipinski definition) is 1. The van der Waals surface area contributed by atoms with E-state index in [1.54, 1.807) is 18.4 Å². The molecule has 0 amide bonds. The average molecular weight is 280 g/mol. The maximum absolute atomic E-state index is 5.23. The van der Waals surface area contributed by atoms with Gasteiger partial charge in [-0.2, -0.15) is 11.8 Å². The van der Waals surface area contributed by atoms with Gasteiger partial charge in [-0.3, -0.25) is 0 Å². The van der Waals surface area contributed by atoms with Gasteiger partial charge in [0.2, 0.25) is 0 Å². The molecule has 2 heterocycles. The molecule has 1 aromatic carbocycles. The number of aromatic nitrogens is 1. The zero-order valence-electron chi connectivity index (χ0n) is 10.3. The number of anilines is 1. The number of thiazole rings is 1. The van der Waals surface area contributed by atoms with Crippen molar-refractivity contribution in [2.24, 2.45) is 5.92 Å². The van der Waals surface area contributed by atoms with E-state index in [1.807, 2.05) is 18.2 Å². The Kier molecular flexibility index (Phi) is 3.61. The predicted molar refractivity (Wildman–Crippen MR) is 80.1 cm³/mol. The lowest BCUT2D eigenvalue weighted by Crippen LogP contribution is -2.13. The molecule has 3 nitrogen and oxygen atoms in total. The van der Waals surface area contributed by atoms with Gasteiger partial charge >= 0.3 is 0 Å². The summed E-state index contributed by atoms with van der Waals surface area (Å²) in [5.41, 5.74) is 1.05. The third-order valence-corrected chi connectivity index (χ3v) is 5.37. The number of nitrogens with one attached hydrogen (secondary N) is 1. The molecule has 1 unspecified atom stereocenters. The number of rotatable bonds is 4. The predicted octanol–water partition coefficient (Wildman–Crippen LogP) is 3.47. The van der Waals surface area contributed by atoms with Gasteiger partial charge in [-0.05, 0) is 42.0 Å². The lowest BCUT2D eigenvalue weighted by atomic mass is 10.1. The van der Waals surface area contributed by atoms with E-state index in [-0.39, 0.29) is 0 Å². The summed E-state index contributed by atoms with van der Waals surface area (Å²) in [7, 11) is 1.69. The zero-order valence-corrected chi connectivity index (χ0v) is 11.9. The van der Waals surface area contributed by atoms with E-state index >= 15 is 0 Å². The van der Waals surface area contributed by atoms with Crippen LogP contribution in [0.5, 0.6) is 5.75 Å². The summed E-state index contributed by atoms with van der Waals surface area (Å²) in [5, 5.41) is 4.49. The molecule has 0 saturated carbocycles. The van der Waals surface area contributed by atoms with E-state index in [1.165, 1.54) is 22.6 Å². The van der Waals surface area contributed by atoms with E-state index in [4.69, 9.17) is 4.74 Å². The van der Waals surface area contributed by atoms with Crippen LogP contribution in [0.1, 0.15) is 6.42 Å². The third kappa shape index (κ3) is 2.57. The summed E-state index contributed by atoms with van der Waals surface area (Å²) in [5.74, 6) is 4.29. The first kappa shape index (κ1) is 12.1. The number of thioether (sulfide) groups is 1. The van der Waals surface area contributed by atoms with E-state index in [9.17, 15) is 0 Å². The van der Waals surface area contributed by atoms with Crippen LogP contribution in [0, 0.1) is 5.92 Å². The Balaban J connectivity index is 1.72. The van der Waals surface area contributed by atoms with Gasteiger partial charge in [0.05, 0.1) is 17.3 Å². The van der Waals surface area contributed by atoms with E-state index in [2.05, 4.69) is 22.1 Å². The first-order chi connectivity index (χ1) is 8.85. The van der Waals surface area contributed by atoms with Gasteiger partial charge in [-0.15, -0.1) is 0 Å². The topological polar surface area (TPSA) is 34.1 Å². The second kappa shape index (κ2) is 5.36. The van der Waals surface area contributed by atoms with Crippen LogP contribution < -0.4 is 10.1 Å². The Bertz CT molecular complexity index is 535. The lowest BCUT2D eigenvalue weighted by Gasteiger charge is -2.07. The normalized spacial score (nSPS) is 19.3. The number of ether oxygens (including phenoxy) is 1. The van der Waals surface area contributed by atoms with Gasteiger partial charge in [-0.1, -0.05) is 11.3 Å². The molecule has 1 aliphatic heterocycles. The standard InChI is InChI=1S/C13H16N2OS2/c1-16-10-2-3-11-12(6-10)18-13(15-11)14-7-9-4-5-17-8-9/h2-3,6,9H,4-5,7-8H2,1H3,(H,14,15). The van der Waals surface area contributed by atoms with E-state index in [0.717, 1.165) is 28.9 Å². The van der Waals surface area contributed by atoms with Crippen molar-refractivity contribution in [1.29, 1.82) is 0 Å². The summed E-state index contributed by atoms with van der Waals surface area (Å²) in [6.45, 7) is 1.05. The average Bonchev–Trinajstić information content (AvgIpc) is 3.04. The summed E-state index contributed by atoms with van der Waals surface area (Å²) < 4.78 is 6.41.